The Morgan fingerprint density at radius 1 is 1.47 bits per heavy atom. The Morgan fingerprint density at radius 2 is 2.21 bits per heavy atom. The maximum Gasteiger partial charge on any atom is 0.234 e. The Morgan fingerprint density at radius 3 is 2.74 bits per heavy atom. The predicted molar refractivity (Wildman–Crippen MR) is 74.8 cm³/mol. The van der Waals surface area contributed by atoms with Crippen molar-refractivity contribution in [2.24, 2.45) is 11.1 Å². The number of ether oxygens (including phenoxy) is 1. The van der Waals surface area contributed by atoms with Crippen molar-refractivity contribution in [3.05, 3.63) is 35.4 Å². The van der Waals surface area contributed by atoms with Crippen molar-refractivity contribution in [1.29, 1.82) is 0 Å². The molecule has 1 fully saturated rings. The van der Waals surface area contributed by atoms with Crippen LogP contribution in [-0.2, 0) is 16.0 Å². The minimum Gasteiger partial charge on any atom is -0.379 e. The van der Waals surface area contributed by atoms with Gasteiger partial charge in [0.05, 0.1) is 13.2 Å². The van der Waals surface area contributed by atoms with Crippen LogP contribution in [0.1, 0.15) is 11.1 Å². The lowest BCUT2D eigenvalue weighted by molar-refractivity contribution is -0.169. The summed E-state index contributed by atoms with van der Waals surface area (Å²) in [4.78, 5) is 14.1. The summed E-state index contributed by atoms with van der Waals surface area (Å²) in [6.45, 7) is 4.06. The number of aryl methyl sites for hydroxylation is 1. The van der Waals surface area contributed by atoms with Crippen LogP contribution < -0.4 is 5.73 Å². The summed E-state index contributed by atoms with van der Waals surface area (Å²) in [5.41, 5.74) is 7.74. The van der Waals surface area contributed by atoms with Gasteiger partial charge in [0.2, 0.25) is 5.91 Å². The lowest BCUT2D eigenvalue weighted by atomic mass is 9.84. The number of rotatable bonds is 5. The first kappa shape index (κ1) is 14.0. The molecule has 0 radical (unpaired) electrons. The van der Waals surface area contributed by atoms with Crippen molar-refractivity contribution in [2.75, 3.05) is 33.4 Å². The van der Waals surface area contributed by atoms with Crippen LogP contribution in [0.15, 0.2) is 24.3 Å². The van der Waals surface area contributed by atoms with Crippen LogP contribution in [-0.4, -0.2) is 44.2 Å². The first-order chi connectivity index (χ1) is 9.07. The van der Waals surface area contributed by atoms with Crippen molar-refractivity contribution in [1.82, 2.24) is 4.90 Å². The molecule has 0 spiro atoms. The van der Waals surface area contributed by atoms with Crippen LogP contribution in [0.5, 0.6) is 0 Å². The standard InChI is InChI=1S/C15H22N2O2/c1-12-4-3-5-13(8-12)6-7-17(2)14(18)15(9-16)10-19-11-15/h3-5,8H,6-7,9-11,16H2,1-2H3. The summed E-state index contributed by atoms with van der Waals surface area (Å²) in [6, 6.07) is 8.38. The molecule has 0 saturated carbocycles. The van der Waals surface area contributed by atoms with Crippen LogP contribution in [0.3, 0.4) is 0 Å². The van der Waals surface area contributed by atoms with Crippen molar-refractivity contribution in [2.45, 2.75) is 13.3 Å². The van der Waals surface area contributed by atoms with E-state index in [1.165, 1.54) is 11.1 Å². The van der Waals surface area contributed by atoms with E-state index >= 15 is 0 Å². The second-order valence-corrected chi connectivity index (χ2v) is 5.44. The maximum atomic E-state index is 12.3. The smallest absolute Gasteiger partial charge is 0.234 e. The van der Waals surface area contributed by atoms with Crippen LogP contribution in [0.2, 0.25) is 0 Å². The van der Waals surface area contributed by atoms with Crippen LogP contribution in [0.4, 0.5) is 0 Å². The SMILES string of the molecule is Cc1cccc(CCN(C)C(=O)C2(CN)COC2)c1. The quantitative estimate of drug-likeness (QED) is 0.860. The van der Waals surface area contributed by atoms with E-state index in [0.717, 1.165) is 6.42 Å². The molecule has 0 atom stereocenters. The molecule has 1 aliphatic heterocycles. The third kappa shape index (κ3) is 2.96. The average Bonchev–Trinajstić information content (AvgIpc) is 2.35. The van der Waals surface area contributed by atoms with E-state index in [-0.39, 0.29) is 5.91 Å². The minimum absolute atomic E-state index is 0.105. The summed E-state index contributed by atoms with van der Waals surface area (Å²) in [5.74, 6) is 0.105. The summed E-state index contributed by atoms with van der Waals surface area (Å²) >= 11 is 0. The van der Waals surface area contributed by atoms with E-state index in [1.807, 2.05) is 13.1 Å². The molecule has 1 heterocycles. The molecule has 1 aliphatic rings. The largest absolute Gasteiger partial charge is 0.379 e. The number of nitrogens with two attached hydrogens (primary N) is 1. The summed E-state index contributed by atoms with van der Waals surface area (Å²) in [5, 5.41) is 0. The highest BCUT2D eigenvalue weighted by Gasteiger charge is 2.46. The van der Waals surface area contributed by atoms with Gasteiger partial charge in [0.15, 0.2) is 0 Å². The molecule has 1 aromatic rings. The molecule has 104 valence electrons. The third-order valence-corrected chi connectivity index (χ3v) is 3.77. The number of carbonyl (C=O) groups excluding carboxylic acids is 1. The normalized spacial score (nSPS) is 16.8. The fourth-order valence-electron chi connectivity index (χ4n) is 2.35. The number of nitrogens with zero attached hydrogens (tertiary/aromatic N) is 1. The molecule has 19 heavy (non-hydrogen) atoms. The topological polar surface area (TPSA) is 55.6 Å². The number of amides is 1. The van der Waals surface area contributed by atoms with Gasteiger partial charge in [-0.1, -0.05) is 29.8 Å². The van der Waals surface area contributed by atoms with E-state index < -0.39 is 5.41 Å². The second kappa shape index (κ2) is 5.72. The highest BCUT2D eigenvalue weighted by molar-refractivity contribution is 5.84. The van der Waals surface area contributed by atoms with E-state index in [2.05, 4.69) is 25.1 Å². The zero-order chi connectivity index (χ0) is 13.9. The molecule has 2 rings (SSSR count). The number of likely N-dealkylation sites (N-methyl/N-ethyl adjacent to an activating group) is 1. The van der Waals surface area contributed by atoms with Gasteiger partial charge in [-0.25, -0.2) is 0 Å². The minimum atomic E-state index is -0.471. The van der Waals surface area contributed by atoms with Gasteiger partial charge in [-0.3, -0.25) is 4.79 Å². The molecule has 4 nitrogen and oxygen atoms in total. The Bertz CT molecular complexity index is 450. The Kier molecular flexibility index (Phi) is 4.22. The number of benzene rings is 1. The zero-order valence-corrected chi connectivity index (χ0v) is 11.7. The first-order valence-corrected chi connectivity index (χ1v) is 6.66. The predicted octanol–water partition coefficient (Wildman–Crippen LogP) is 0.971. The summed E-state index contributed by atoms with van der Waals surface area (Å²) < 4.78 is 5.15. The van der Waals surface area contributed by atoms with Crippen molar-refractivity contribution >= 4 is 5.91 Å². The van der Waals surface area contributed by atoms with E-state index in [9.17, 15) is 4.79 Å². The van der Waals surface area contributed by atoms with E-state index in [4.69, 9.17) is 10.5 Å². The maximum absolute atomic E-state index is 12.3. The Labute approximate surface area is 114 Å². The molecule has 0 bridgehead atoms. The van der Waals surface area contributed by atoms with Gasteiger partial charge in [0.25, 0.3) is 0 Å². The average molecular weight is 262 g/mol. The van der Waals surface area contributed by atoms with E-state index in [1.54, 1.807) is 4.90 Å². The molecule has 2 N–H and O–H groups in total. The molecule has 1 amide bonds. The van der Waals surface area contributed by atoms with Gasteiger partial charge in [0, 0.05) is 20.1 Å². The monoisotopic (exact) mass is 262 g/mol. The van der Waals surface area contributed by atoms with Gasteiger partial charge < -0.3 is 15.4 Å². The number of carbonyl (C=O) groups is 1. The van der Waals surface area contributed by atoms with Crippen LogP contribution >= 0.6 is 0 Å². The first-order valence-electron chi connectivity index (χ1n) is 6.66. The molecule has 1 saturated heterocycles. The van der Waals surface area contributed by atoms with Crippen molar-refractivity contribution in [3.63, 3.8) is 0 Å². The molecule has 0 unspecified atom stereocenters. The number of hydrogen-bond donors (Lipinski definition) is 1. The van der Waals surface area contributed by atoms with E-state index in [0.29, 0.717) is 26.3 Å². The Balaban J connectivity index is 1.91. The highest BCUT2D eigenvalue weighted by Crippen LogP contribution is 2.28. The molecule has 0 aromatic heterocycles. The summed E-state index contributed by atoms with van der Waals surface area (Å²) in [6.07, 6.45) is 0.866. The van der Waals surface area contributed by atoms with Gasteiger partial charge in [-0.05, 0) is 18.9 Å². The van der Waals surface area contributed by atoms with Crippen LogP contribution in [0.25, 0.3) is 0 Å². The third-order valence-electron chi connectivity index (χ3n) is 3.77. The molecular formula is C15H22N2O2. The highest BCUT2D eigenvalue weighted by atomic mass is 16.5. The second-order valence-electron chi connectivity index (χ2n) is 5.44. The molecule has 1 aromatic carbocycles. The lowest BCUT2D eigenvalue weighted by Gasteiger charge is -2.41. The van der Waals surface area contributed by atoms with Gasteiger partial charge >= 0.3 is 0 Å². The molecular weight excluding hydrogens is 240 g/mol. The van der Waals surface area contributed by atoms with Crippen molar-refractivity contribution < 1.29 is 9.53 Å². The molecule has 0 aliphatic carbocycles. The van der Waals surface area contributed by atoms with Gasteiger partial charge in [0.1, 0.15) is 5.41 Å². The fraction of sp³-hybridized carbons (Fsp3) is 0.533. The van der Waals surface area contributed by atoms with Gasteiger partial charge in [-0.2, -0.15) is 0 Å². The number of hydrogen-bond acceptors (Lipinski definition) is 3. The van der Waals surface area contributed by atoms with Gasteiger partial charge in [-0.15, -0.1) is 0 Å². The Hall–Kier alpha value is -1.39. The lowest BCUT2D eigenvalue weighted by Crippen LogP contribution is -2.58. The fourth-order valence-corrected chi connectivity index (χ4v) is 2.35. The molecule has 4 heteroatoms. The zero-order valence-electron chi connectivity index (χ0n) is 11.7. The van der Waals surface area contributed by atoms with Crippen molar-refractivity contribution in [3.8, 4) is 0 Å². The summed E-state index contributed by atoms with van der Waals surface area (Å²) in [7, 11) is 1.84. The van der Waals surface area contributed by atoms with Crippen LogP contribution in [0, 0.1) is 12.3 Å².